The quantitative estimate of drug-likeness (QED) is 0.249. The molecular weight excluding hydrogens is 621 g/mol. The summed E-state index contributed by atoms with van der Waals surface area (Å²) in [5, 5.41) is 16.5. The van der Waals surface area contributed by atoms with Crippen LogP contribution in [-0.2, 0) is 20.2 Å². The van der Waals surface area contributed by atoms with Gasteiger partial charge < -0.3 is 4.74 Å². The zero-order valence-corrected chi connectivity index (χ0v) is 26.0. The Balaban J connectivity index is 1.82. The van der Waals surface area contributed by atoms with E-state index in [2.05, 4.69) is 21.4 Å². The monoisotopic (exact) mass is 650 g/mol. The number of nitrogens with zero attached hydrogens (tertiary/aromatic N) is 1. The van der Waals surface area contributed by atoms with Crippen LogP contribution in [0.2, 0.25) is 10.0 Å². The minimum absolute atomic E-state index is 0.0448. The fraction of sp³-hybridized carbons (Fsp3) is 0.333. The van der Waals surface area contributed by atoms with Crippen LogP contribution >= 0.6 is 23.2 Å². The van der Waals surface area contributed by atoms with Crippen molar-refractivity contribution >= 4 is 50.7 Å². The Kier molecular flexibility index (Phi) is 9.28. The van der Waals surface area contributed by atoms with Gasteiger partial charge in [0, 0.05) is 22.3 Å². The van der Waals surface area contributed by atoms with Crippen molar-refractivity contribution in [3.05, 3.63) is 93.5 Å². The molecule has 0 aliphatic carbocycles. The van der Waals surface area contributed by atoms with E-state index in [0.717, 1.165) is 12.3 Å². The standard InChI is InChI=1S/C30H30Cl2F2N4O4S/c1-29(2,3)15-24-30(16-35,21-12-11-17(31)13-23(21)33)25(20-9-6-10-22(32)26(20)34)27(37-24)42-28(39)36-18-7-5-8-19(14-18)38-43(4,40)41/h5-14,24-25,27,37-38H,15H2,1-4H3,(H,36,39)/t24-,25-,27+,30-/m0/s1. The highest BCUT2D eigenvalue weighted by molar-refractivity contribution is 7.92. The number of nitrogens with one attached hydrogen (secondary N) is 3. The van der Waals surface area contributed by atoms with E-state index >= 15 is 8.78 Å². The van der Waals surface area contributed by atoms with Gasteiger partial charge in [-0.05, 0) is 53.8 Å². The van der Waals surface area contributed by atoms with E-state index in [-0.39, 0.29) is 32.5 Å². The maximum atomic E-state index is 15.7. The first-order valence-electron chi connectivity index (χ1n) is 13.2. The van der Waals surface area contributed by atoms with Gasteiger partial charge in [-0.3, -0.25) is 15.4 Å². The highest BCUT2D eigenvalue weighted by Crippen LogP contribution is 2.53. The van der Waals surface area contributed by atoms with Gasteiger partial charge in [0.25, 0.3) is 0 Å². The molecule has 228 valence electrons. The van der Waals surface area contributed by atoms with Gasteiger partial charge in [0.2, 0.25) is 10.0 Å². The van der Waals surface area contributed by atoms with Gasteiger partial charge in [0.05, 0.1) is 29.0 Å². The van der Waals surface area contributed by atoms with Crippen molar-refractivity contribution in [1.29, 1.82) is 5.26 Å². The van der Waals surface area contributed by atoms with Crippen LogP contribution in [0.15, 0.2) is 60.7 Å². The van der Waals surface area contributed by atoms with Gasteiger partial charge in [-0.2, -0.15) is 5.26 Å². The Labute approximate surface area is 259 Å². The molecule has 0 bridgehead atoms. The minimum Gasteiger partial charge on any atom is -0.429 e. The average molecular weight is 652 g/mol. The number of carbonyl (C=O) groups excluding carboxylic acids is 1. The maximum absolute atomic E-state index is 15.7. The molecule has 1 fully saturated rings. The molecular formula is C30H30Cl2F2N4O4S. The summed E-state index contributed by atoms with van der Waals surface area (Å²) in [4.78, 5) is 13.2. The predicted molar refractivity (Wildman–Crippen MR) is 163 cm³/mol. The third kappa shape index (κ3) is 7.21. The maximum Gasteiger partial charge on any atom is 0.413 e. The van der Waals surface area contributed by atoms with Crippen LogP contribution in [0, 0.1) is 28.4 Å². The molecule has 4 rings (SSSR count). The molecule has 13 heteroatoms. The third-order valence-corrected chi connectivity index (χ3v) is 8.18. The Hall–Kier alpha value is -3.43. The van der Waals surface area contributed by atoms with Crippen LogP contribution in [0.4, 0.5) is 25.0 Å². The molecule has 0 aromatic heterocycles. The van der Waals surface area contributed by atoms with Gasteiger partial charge >= 0.3 is 6.09 Å². The second-order valence-corrected chi connectivity index (χ2v) is 14.2. The minimum atomic E-state index is -3.58. The Bertz CT molecular complexity index is 1690. The third-order valence-electron chi connectivity index (χ3n) is 7.05. The number of benzene rings is 3. The highest BCUT2D eigenvalue weighted by Gasteiger charge is 2.61. The summed E-state index contributed by atoms with van der Waals surface area (Å²) in [6.45, 7) is 5.80. The zero-order valence-electron chi connectivity index (χ0n) is 23.7. The molecule has 3 N–H and O–H groups in total. The fourth-order valence-corrected chi connectivity index (χ4v) is 6.41. The van der Waals surface area contributed by atoms with E-state index in [0.29, 0.717) is 6.42 Å². The number of carbonyl (C=O) groups is 1. The normalized spacial score (nSPS) is 22.1. The number of sulfonamides is 1. The van der Waals surface area contributed by atoms with Gasteiger partial charge in [-0.1, -0.05) is 68.2 Å². The van der Waals surface area contributed by atoms with Crippen molar-refractivity contribution in [2.24, 2.45) is 5.41 Å². The highest BCUT2D eigenvalue weighted by atomic mass is 35.5. The van der Waals surface area contributed by atoms with E-state index in [4.69, 9.17) is 27.9 Å². The molecule has 3 aromatic carbocycles. The van der Waals surface area contributed by atoms with Gasteiger partial charge in [0.15, 0.2) is 6.23 Å². The van der Waals surface area contributed by atoms with Crippen molar-refractivity contribution < 1.29 is 26.7 Å². The van der Waals surface area contributed by atoms with Crippen LogP contribution in [0.25, 0.3) is 0 Å². The lowest BCUT2D eigenvalue weighted by atomic mass is 9.63. The molecule has 0 saturated carbocycles. The molecule has 0 unspecified atom stereocenters. The molecule has 1 saturated heterocycles. The van der Waals surface area contributed by atoms with Crippen molar-refractivity contribution in [3.63, 3.8) is 0 Å². The van der Waals surface area contributed by atoms with Crippen molar-refractivity contribution in [1.82, 2.24) is 5.32 Å². The largest absolute Gasteiger partial charge is 0.429 e. The second kappa shape index (κ2) is 12.3. The molecule has 0 spiro atoms. The van der Waals surface area contributed by atoms with Crippen molar-refractivity contribution in [3.8, 4) is 6.07 Å². The summed E-state index contributed by atoms with van der Waals surface area (Å²) in [5.41, 5.74) is -1.88. The van der Waals surface area contributed by atoms with Crippen LogP contribution in [-0.4, -0.2) is 33.0 Å². The first-order chi connectivity index (χ1) is 20.0. The van der Waals surface area contributed by atoms with E-state index in [9.17, 15) is 18.5 Å². The molecule has 1 aliphatic rings. The Morgan fingerprint density at radius 2 is 1.77 bits per heavy atom. The van der Waals surface area contributed by atoms with E-state index < -0.39 is 56.8 Å². The van der Waals surface area contributed by atoms with Crippen molar-refractivity contribution in [2.45, 2.75) is 50.8 Å². The lowest BCUT2D eigenvalue weighted by Crippen LogP contribution is -2.44. The average Bonchev–Trinajstić information content (AvgIpc) is 3.16. The van der Waals surface area contributed by atoms with Gasteiger partial charge in [-0.25, -0.2) is 22.0 Å². The fourth-order valence-electron chi connectivity index (χ4n) is 5.51. The molecule has 4 atom stereocenters. The van der Waals surface area contributed by atoms with Gasteiger partial charge in [-0.15, -0.1) is 0 Å². The number of hydrogen-bond acceptors (Lipinski definition) is 6. The summed E-state index contributed by atoms with van der Waals surface area (Å²) in [7, 11) is -3.58. The number of nitriles is 1. The number of anilines is 2. The molecule has 1 aliphatic heterocycles. The SMILES string of the molecule is CC(C)(C)C[C@@H]1N[C@H](OC(=O)Nc2cccc(NS(C)(=O)=O)c2)[C@H](c2cccc(Cl)c2F)[C@@]1(C#N)c1ccc(Cl)cc1F. The zero-order chi connectivity index (χ0) is 31.7. The summed E-state index contributed by atoms with van der Waals surface area (Å²) in [6, 6.07) is 15.5. The van der Waals surface area contributed by atoms with Crippen LogP contribution < -0.4 is 15.4 Å². The Morgan fingerprint density at radius 1 is 1.09 bits per heavy atom. The number of amides is 1. The number of rotatable bonds is 7. The molecule has 0 radical (unpaired) electrons. The van der Waals surface area contributed by atoms with Crippen LogP contribution in [0.5, 0.6) is 0 Å². The first kappa shape index (κ1) is 32.5. The Morgan fingerprint density at radius 3 is 2.40 bits per heavy atom. The molecule has 8 nitrogen and oxygen atoms in total. The van der Waals surface area contributed by atoms with Gasteiger partial charge in [0.1, 0.15) is 17.0 Å². The number of hydrogen-bond donors (Lipinski definition) is 3. The first-order valence-corrected chi connectivity index (χ1v) is 15.8. The number of ether oxygens (including phenoxy) is 1. The van der Waals surface area contributed by atoms with E-state index in [1.54, 1.807) is 0 Å². The summed E-state index contributed by atoms with van der Waals surface area (Å²) in [5.74, 6) is -2.87. The topological polar surface area (TPSA) is 120 Å². The van der Waals surface area contributed by atoms with E-state index in [1.807, 2.05) is 20.8 Å². The predicted octanol–water partition coefficient (Wildman–Crippen LogP) is 7.17. The molecule has 3 aromatic rings. The molecule has 1 amide bonds. The number of halogens is 4. The second-order valence-electron chi connectivity index (χ2n) is 11.6. The molecule has 43 heavy (non-hydrogen) atoms. The summed E-state index contributed by atoms with van der Waals surface area (Å²) in [6.07, 6.45) is -1.02. The van der Waals surface area contributed by atoms with Crippen molar-refractivity contribution in [2.75, 3.05) is 16.3 Å². The lowest BCUT2D eigenvalue weighted by Gasteiger charge is -2.37. The van der Waals surface area contributed by atoms with Crippen LogP contribution in [0.3, 0.4) is 0 Å². The lowest BCUT2D eigenvalue weighted by molar-refractivity contribution is 0.0851. The molecule has 1 heterocycles. The summed E-state index contributed by atoms with van der Waals surface area (Å²) >= 11 is 12.2. The smallest absolute Gasteiger partial charge is 0.413 e. The van der Waals surface area contributed by atoms with E-state index in [1.165, 1.54) is 54.6 Å². The summed E-state index contributed by atoms with van der Waals surface area (Å²) < 4.78 is 62.8. The van der Waals surface area contributed by atoms with Crippen LogP contribution in [0.1, 0.15) is 44.2 Å².